The molecule has 1 heterocycles. The van der Waals surface area contributed by atoms with Crippen LogP contribution in [0, 0.1) is 11.3 Å². The van der Waals surface area contributed by atoms with Crippen LogP contribution in [0.25, 0.3) is 10.9 Å². The zero-order chi connectivity index (χ0) is 18.0. The summed E-state index contributed by atoms with van der Waals surface area (Å²) >= 11 is 0. The third-order valence-corrected chi connectivity index (χ3v) is 5.11. The van der Waals surface area contributed by atoms with Gasteiger partial charge in [-0.05, 0) is 49.1 Å². The van der Waals surface area contributed by atoms with Crippen LogP contribution < -0.4 is 5.56 Å². The third-order valence-electron chi connectivity index (χ3n) is 5.11. The summed E-state index contributed by atoms with van der Waals surface area (Å²) in [7, 11) is 0. The second kappa shape index (κ2) is 6.94. The summed E-state index contributed by atoms with van der Waals surface area (Å²) in [5.41, 5.74) is 0.500. The van der Waals surface area contributed by atoms with E-state index >= 15 is 0 Å². The van der Waals surface area contributed by atoms with E-state index in [1.807, 2.05) is 0 Å². The zero-order valence-electron chi connectivity index (χ0n) is 15.1. The second-order valence-electron chi connectivity index (χ2n) is 7.90. The molecule has 1 fully saturated rings. The van der Waals surface area contributed by atoms with Crippen LogP contribution in [-0.2, 0) is 16.1 Å². The number of nitrogens with zero attached hydrogens (tertiary/aromatic N) is 3. The van der Waals surface area contributed by atoms with Crippen LogP contribution in [0.4, 0.5) is 0 Å². The van der Waals surface area contributed by atoms with E-state index in [-0.39, 0.29) is 18.2 Å². The van der Waals surface area contributed by atoms with Gasteiger partial charge in [-0.2, -0.15) is 4.68 Å². The first-order chi connectivity index (χ1) is 11.8. The molecule has 3 rings (SSSR count). The van der Waals surface area contributed by atoms with Crippen molar-refractivity contribution in [2.45, 2.75) is 59.1 Å². The van der Waals surface area contributed by atoms with Crippen LogP contribution in [0.3, 0.4) is 0 Å². The summed E-state index contributed by atoms with van der Waals surface area (Å²) in [4.78, 5) is 24.6. The van der Waals surface area contributed by atoms with Gasteiger partial charge in [0.2, 0.25) is 0 Å². The maximum Gasteiger partial charge on any atom is 0.328 e. The minimum atomic E-state index is -0.425. The van der Waals surface area contributed by atoms with Crippen molar-refractivity contribution in [3.8, 4) is 0 Å². The number of carbonyl (C=O) groups excluding carboxylic acids is 1. The Hall–Kier alpha value is -2.24. The molecule has 0 N–H and O–H groups in total. The fraction of sp³-hybridized carbons (Fsp3) is 0.579. The Balaban J connectivity index is 1.61. The van der Waals surface area contributed by atoms with Gasteiger partial charge in [-0.3, -0.25) is 9.59 Å². The number of hydrogen-bond donors (Lipinski definition) is 0. The quantitative estimate of drug-likeness (QED) is 0.801. The molecular formula is C19H25N3O3. The van der Waals surface area contributed by atoms with Crippen molar-refractivity contribution in [3.63, 3.8) is 0 Å². The Morgan fingerprint density at radius 3 is 2.56 bits per heavy atom. The first-order valence-electron chi connectivity index (χ1n) is 8.86. The Kier molecular flexibility index (Phi) is 4.88. The van der Waals surface area contributed by atoms with E-state index in [0.717, 1.165) is 30.4 Å². The second-order valence-corrected chi connectivity index (χ2v) is 7.90. The van der Waals surface area contributed by atoms with Crippen LogP contribution in [0.2, 0.25) is 0 Å². The summed E-state index contributed by atoms with van der Waals surface area (Å²) in [6.45, 7) is 6.58. The maximum atomic E-state index is 12.4. The van der Waals surface area contributed by atoms with Gasteiger partial charge in [0.15, 0.2) is 0 Å². The fourth-order valence-corrected chi connectivity index (χ4v) is 3.52. The topological polar surface area (TPSA) is 74.1 Å². The molecule has 134 valence electrons. The minimum Gasteiger partial charge on any atom is -0.461 e. The van der Waals surface area contributed by atoms with E-state index < -0.39 is 5.97 Å². The predicted octanol–water partition coefficient (Wildman–Crippen LogP) is 2.94. The van der Waals surface area contributed by atoms with Crippen molar-refractivity contribution >= 4 is 16.9 Å². The molecule has 2 aromatic rings. The zero-order valence-corrected chi connectivity index (χ0v) is 15.1. The number of carbonyl (C=O) groups is 1. The molecule has 1 aromatic carbocycles. The van der Waals surface area contributed by atoms with Gasteiger partial charge in [0.25, 0.3) is 5.56 Å². The first kappa shape index (κ1) is 17.6. The van der Waals surface area contributed by atoms with Gasteiger partial charge in [0, 0.05) is 0 Å². The number of ether oxygens (including phenoxy) is 1. The number of fused-ring (bicyclic) bond motifs is 1. The lowest BCUT2D eigenvalue weighted by atomic mass is 9.72. The summed E-state index contributed by atoms with van der Waals surface area (Å²) in [5.74, 6) is 0.238. The smallest absolute Gasteiger partial charge is 0.328 e. The van der Waals surface area contributed by atoms with E-state index in [4.69, 9.17) is 4.74 Å². The van der Waals surface area contributed by atoms with Crippen molar-refractivity contribution in [1.82, 2.24) is 15.0 Å². The monoisotopic (exact) mass is 343 g/mol. The molecule has 0 bridgehead atoms. The molecule has 0 unspecified atom stereocenters. The highest BCUT2D eigenvalue weighted by molar-refractivity contribution is 5.77. The van der Waals surface area contributed by atoms with Gasteiger partial charge in [-0.25, -0.2) is 0 Å². The SMILES string of the molecule is CC(C)(C)C1CCC(OC(=O)Cn2nnc3ccccc3c2=O)CC1. The van der Waals surface area contributed by atoms with Gasteiger partial charge in [0.05, 0.1) is 5.39 Å². The van der Waals surface area contributed by atoms with Gasteiger partial charge >= 0.3 is 5.97 Å². The highest BCUT2D eigenvalue weighted by Crippen LogP contribution is 2.38. The summed E-state index contributed by atoms with van der Waals surface area (Å²) < 4.78 is 6.63. The van der Waals surface area contributed by atoms with E-state index in [9.17, 15) is 9.59 Å². The molecule has 0 saturated heterocycles. The van der Waals surface area contributed by atoms with Crippen LogP contribution in [0.15, 0.2) is 29.1 Å². The van der Waals surface area contributed by atoms with Crippen LogP contribution >= 0.6 is 0 Å². The molecule has 6 nitrogen and oxygen atoms in total. The van der Waals surface area contributed by atoms with E-state index in [0.29, 0.717) is 22.2 Å². The van der Waals surface area contributed by atoms with E-state index in [1.165, 1.54) is 0 Å². The van der Waals surface area contributed by atoms with Crippen LogP contribution in [0.5, 0.6) is 0 Å². The average Bonchev–Trinajstić information content (AvgIpc) is 2.57. The van der Waals surface area contributed by atoms with Gasteiger partial charge in [-0.1, -0.05) is 38.1 Å². The largest absolute Gasteiger partial charge is 0.461 e. The van der Waals surface area contributed by atoms with Crippen molar-refractivity contribution in [1.29, 1.82) is 0 Å². The molecule has 25 heavy (non-hydrogen) atoms. The number of esters is 1. The summed E-state index contributed by atoms with van der Waals surface area (Å²) in [6, 6.07) is 6.97. The molecular weight excluding hydrogens is 318 g/mol. The lowest BCUT2D eigenvalue weighted by molar-refractivity contribution is -0.152. The highest BCUT2D eigenvalue weighted by Gasteiger charge is 2.31. The van der Waals surface area contributed by atoms with Gasteiger partial charge in [0.1, 0.15) is 18.2 Å². The van der Waals surface area contributed by atoms with Crippen LogP contribution in [0.1, 0.15) is 46.5 Å². The molecule has 1 aliphatic carbocycles. The Morgan fingerprint density at radius 1 is 1.20 bits per heavy atom. The number of benzene rings is 1. The van der Waals surface area contributed by atoms with Gasteiger partial charge < -0.3 is 4.74 Å². The molecule has 0 radical (unpaired) electrons. The lowest BCUT2D eigenvalue weighted by Gasteiger charge is -2.36. The standard InChI is InChI=1S/C19H25N3O3/c1-19(2,3)13-8-10-14(11-9-13)25-17(23)12-22-18(24)15-6-4-5-7-16(15)20-21-22/h4-7,13-14H,8-12H2,1-3H3. The fourth-order valence-electron chi connectivity index (χ4n) is 3.52. The molecule has 0 atom stereocenters. The summed E-state index contributed by atoms with van der Waals surface area (Å²) in [5, 5.41) is 8.28. The van der Waals surface area contributed by atoms with Gasteiger partial charge in [-0.15, -0.1) is 5.10 Å². The number of aromatic nitrogens is 3. The predicted molar refractivity (Wildman–Crippen MR) is 95.1 cm³/mol. The van der Waals surface area contributed by atoms with E-state index in [2.05, 4.69) is 31.1 Å². The molecule has 1 aliphatic rings. The first-order valence-corrected chi connectivity index (χ1v) is 8.86. The van der Waals surface area contributed by atoms with Crippen molar-refractivity contribution in [2.75, 3.05) is 0 Å². The maximum absolute atomic E-state index is 12.4. The Morgan fingerprint density at radius 2 is 1.88 bits per heavy atom. The molecule has 0 spiro atoms. The molecule has 0 amide bonds. The normalized spacial score (nSPS) is 21.2. The summed E-state index contributed by atoms with van der Waals surface area (Å²) in [6.07, 6.45) is 3.84. The molecule has 6 heteroatoms. The van der Waals surface area contributed by atoms with Crippen molar-refractivity contribution in [2.24, 2.45) is 11.3 Å². The Labute approximate surface area is 147 Å². The third kappa shape index (κ3) is 4.06. The molecule has 1 saturated carbocycles. The number of rotatable bonds is 3. The molecule has 0 aliphatic heterocycles. The van der Waals surface area contributed by atoms with Crippen LogP contribution in [-0.4, -0.2) is 27.1 Å². The Bertz CT molecular complexity index is 815. The lowest BCUT2D eigenvalue weighted by Crippen LogP contribution is -2.33. The number of hydrogen-bond acceptors (Lipinski definition) is 5. The minimum absolute atomic E-state index is 0.0600. The van der Waals surface area contributed by atoms with E-state index in [1.54, 1.807) is 24.3 Å². The van der Waals surface area contributed by atoms with Crippen molar-refractivity contribution in [3.05, 3.63) is 34.6 Å². The average molecular weight is 343 g/mol. The van der Waals surface area contributed by atoms with Crippen molar-refractivity contribution < 1.29 is 9.53 Å². The highest BCUT2D eigenvalue weighted by atomic mass is 16.5. The molecule has 1 aromatic heterocycles.